The smallest absolute Gasteiger partial charge is 0.303 e. The average molecular weight is 402 g/mol. The predicted molar refractivity (Wildman–Crippen MR) is 111 cm³/mol. The monoisotopic (exact) mass is 401 g/mol. The number of piperidine rings is 1. The third-order valence-corrected chi connectivity index (χ3v) is 6.17. The number of rotatable bonds is 8. The molecule has 1 aromatic heterocycles. The van der Waals surface area contributed by atoms with E-state index in [2.05, 4.69) is 9.97 Å². The van der Waals surface area contributed by atoms with Gasteiger partial charge in [-0.1, -0.05) is 13.8 Å². The number of methoxy groups -OCH3 is 1. The maximum atomic E-state index is 12.9. The van der Waals surface area contributed by atoms with E-state index in [1.54, 1.807) is 7.11 Å². The summed E-state index contributed by atoms with van der Waals surface area (Å²) in [5.41, 5.74) is 1.76. The fourth-order valence-electron chi connectivity index (χ4n) is 4.41. The van der Waals surface area contributed by atoms with Crippen LogP contribution in [0.15, 0.2) is 18.2 Å². The van der Waals surface area contributed by atoms with Crippen molar-refractivity contribution in [2.75, 3.05) is 20.2 Å². The highest BCUT2D eigenvalue weighted by molar-refractivity contribution is 5.79. The van der Waals surface area contributed by atoms with Crippen molar-refractivity contribution in [2.24, 2.45) is 17.8 Å². The largest absolute Gasteiger partial charge is 0.497 e. The Bertz CT molecular complexity index is 859. The minimum absolute atomic E-state index is 0.0426. The first-order valence-corrected chi connectivity index (χ1v) is 10.5. The quantitative estimate of drug-likeness (QED) is 0.706. The van der Waals surface area contributed by atoms with Crippen LogP contribution in [0.2, 0.25) is 0 Å². The van der Waals surface area contributed by atoms with Gasteiger partial charge in [-0.05, 0) is 43.2 Å². The SMILES string of the molecule is CCC(CC)C(=O)N1CCC(CC(=O)O)C(Cc2nc3ccc(OC)cc3[nH]2)C1. The normalized spacial score (nSPS) is 19.7. The minimum Gasteiger partial charge on any atom is -0.497 e. The van der Waals surface area contributed by atoms with Gasteiger partial charge in [0.2, 0.25) is 5.91 Å². The second-order valence-corrected chi connectivity index (χ2v) is 7.98. The van der Waals surface area contributed by atoms with E-state index in [1.807, 2.05) is 36.9 Å². The second kappa shape index (κ2) is 9.29. The lowest BCUT2D eigenvalue weighted by atomic mass is 9.80. The van der Waals surface area contributed by atoms with Crippen LogP contribution in [0.4, 0.5) is 0 Å². The van der Waals surface area contributed by atoms with Crippen molar-refractivity contribution in [3.05, 3.63) is 24.0 Å². The standard InChI is InChI=1S/C22H31N3O4/c1-4-14(5-2)22(28)25-9-8-15(11-21(26)27)16(13-25)10-20-23-18-7-6-17(29-3)12-19(18)24-20/h6-7,12,14-16H,4-5,8-11,13H2,1-3H3,(H,23,24)(H,26,27). The van der Waals surface area contributed by atoms with Gasteiger partial charge in [0.15, 0.2) is 0 Å². The summed E-state index contributed by atoms with van der Waals surface area (Å²) < 4.78 is 5.27. The molecule has 0 spiro atoms. The number of aliphatic carboxylic acids is 1. The zero-order valence-electron chi connectivity index (χ0n) is 17.5. The number of fused-ring (bicyclic) bond motifs is 1. The van der Waals surface area contributed by atoms with Gasteiger partial charge >= 0.3 is 5.97 Å². The zero-order valence-corrected chi connectivity index (χ0v) is 17.5. The summed E-state index contributed by atoms with van der Waals surface area (Å²) >= 11 is 0. The van der Waals surface area contributed by atoms with Gasteiger partial charge in [0.05, 0.1) is 18.1 Å². The number of nitrogens with zero attached hydrogens (tertiary/aromatic N) is 2. The molecule has 1 aliphatic rings. The molecule has 158 valence electrons. The van der Waals surface area contributed by atoms with Gasteiger partial charge in [0.25, 0.3) is 0 Å². The van der Waals surface area contributed by atoms with Crippen molar-refractivity contribution in [1.82, 2.24) is 14.9 Å². The van der Waals surface area contributed by atoms with Gasteiger partial charge in [0.1, 0.15) is 11.6 Å². The number of hydrogen-bond acceptors (Lipinski definition) is 4. The van der Waals surface area contributed by atoms with E-state index in [-0.39, 0.29) is 30.1 Å². The summed E-state index contributed by atoms with van der Waals surface area (Å²) in [5.74, 6) is 1.16. The highest BCUT2D eigenvalue weighted by atomic mass is 16.5. The highest BCUT2D eigenvalue weighted by Crippen LogP contribution is 2.31. The lowest BCUT2D eigenvalue weighted by Gasteiger charge is -2.39. The number of benzene rings is 1. The Kier molecular flexibility index (Phi) is 6.77. The molecule has 1 aliphatic heterocycles. The molecular weight excluding hydrogens is 370 g/mol. The molecule has 0 radical (unpaired) electrons. The topological polar surface area (TPSA) is 95.5 Å². The van der Waals surface area contributed by atoms with E-state index in [4.69, 9.17) is 4.74 Å². The predicted octanol–water partition coefficient (Wildman–Crippen LogP) is 3.49. The molecule has 0 bridgehead atoms. The Morgan fingerprint density at radius 1 is 1.31 bits per heavy atom. The van der Waals surface area contributed by atoms with Gasteiger partial charge < -0.3 is 19.7 Å². The number of nitrogens with one attached hydrogen (secondary N) is 1. The Morgan fingerprint density at radius 2 is 2.07 bits per heavy atom. The van der Waals surface area contributed by atoms with Crippen molar-refractivity contribution in [3.63, 3.8) is 0 Å². The number of carbonyl (C=O) groups is 2. The highest BCUT2D eigenvalue weighted by Gasteiger charge is 2.34. The summed E-state index contributed by atoms with van der Waals surface area (Å²) in [6.45, 7) is 5.32. The number of carboxylic acid groups (broad SMARTS) is 1. The van der Waals surface area contributed by atoms with E-state index in [1.165, 1.54) is 0 Å². The number of carbonyl (C=O) groups excluding carboxylic acids is 1. The van der Waals surface area contributed by atoms with E-state index < -0.39 is 5.97 Å². The molecule has 3 rings (SSSR count). The number of likely N-dealkylation sites (tertiary alicyclic amines) is 1. The van der Waals surface area contributed by atoms with Crippen LogP contribution < -0.4 is 4.74 Å². The lowest BCUT2D eigenvalue weighted by Crippen LogP contribution is -2.47. The molecule has 1 amide bonds. The van der Waals surface area contributed by atoms with Crippen molar-refractivity contribution < 1.29 is 19.4 Å². The van der Waals surface area contributed by atoms with Gasteiger partial charge in [-0.25, -0.2) is 4.98 Å². The molecular formula is C22H31N3O4. The van der Waals surface area contributed by atoms with Crippen LogP contribution in [0.5, 0.6) is 5.75 Å². The number of ether oxygens (including phenoxy) is 1. The number of hydrogen-bond donors (Lipinski definition) is 2. The summed E-state index contributed by atoms with van der Waals surface area (Å²) in [5, 5.41) is 9.34. The number of aromatic amines is 1. The third kappa shape index (κ3) is 4.89. The lowest BCUT2D eigenvalue weighted by molar-refractivity contribution is -0.141. The van der Waals surface area contributed by atoms with Crippen LogP contribution in [-0.4, -0.2) is 52.1 Å². The fourth-order valence-corrected chi connectivity index (χ4v) is 4.41. The molecule has 2 atom stereocenters. The van der Waals surface area contributed by atoms with Crippen molar-refractivity contribution in [1.29, 1.82) is 0 Å². The summed E-state index contributed by atoms with van der Waals surface area (Å²) in [7, 11) is 1.63. The van der Waals surface area contributed by atoms with Crippen molar-refractivity contribution >= 4 is 22.9 Å². The molecule has 2 heterocycles. The molecule has 0 saturated carbocycles. The minimum atomic E-state index is -0.783. The average Bonchev–Trinajstić information content (AvgIpc) is 3.11. The van der Waals surface area contributed by atoms with Gasteiger partial charge in [-0.15, -0.1) is 0 Å². The van der Waals surface area contributed by atoms with Crippen molar-refractivity contribution in [2.45, 2.75) is 46.0 Å². The van der Waals surface area contributed by atoms with Crippen LogP contribution >= 0.6 is 0 Å². The first kappa shape index (κ1) is 21.1. The summed E-state index contributed by atoms with van der Waals surface area (Å²) in [6.07, 6.45) is 3.14. The third-order valence-electron chi connectivity index (χ3n) is 6.17. The molecule has 1 saturated heterocycles. The maximum Gasteiger partial charge on any atom is 0.303 e. The van der Waals surface area contributed by atoms with E-state index in [0.29, 0.717) is 19.5 Å². The number of amides is 1. The van der Waals surface area contributed by atoms with Gasteiger partial charge in [0, 0.05) is 37.9 Å². The van der Waals surface area contributed by atoms with Gasteiger partial charge in [-0.3, -0.25) is 9.59 Å². The number of aromatic nitrogens is 2. The van der Waals surface area contributed by atoms with Crippen molar-refractivity contribution in [3.8, 4) is 5.75 Å². The molecule has 1 fully saturated rings. The Labute approximate surface area is 171 Å². The van der Waals surface area contributed by atoms with E-state index in [9.17, 15) is 14.7 Å². The zero-order chi connectivity index (χ0) is 21.0. The van der Waals surface area contributed by atoms with Crippen LogP contribution in [0.1, 0.15) is 45.4 Å². The summed E-state index contributed by atoms with van der Waals surface area (Å²) in [4.78, 5) is 34.2. The molecule has 2 unspecified atom stereocenters. The summed E-state index contributed by atoms with van der Waals surface area (Å²) in [6, 6.07) is 5.69. The first-order valence-electron chi connectivity index (χ1n) is 10.5. The van der Waals surface area contributed by atoms with Crippen LogP contribution in [0, 0.1) is 17.8 Å². The molecule has 2 aromatic rings. The molecule has 0 aliphatic carbocycles. The maximum absolute atomic E-state index is 12.9. The van der Waals surface area contributed by atoms with E-state index >= 15 is 0 Å². The van der Waals surface area contributed by atoms with Crippen LogP contribution in [0.3, 0.4) is 0 Å². The molecule has 29 heavy (non-hydrogen) atoms. The van der Waals surface area contributed by atoms with Gasteiger partial charge in [-0.2, -0.15) is 0 Å². The molecule has 7 heteroatoms. The molecule has 1 aromatic carbocycles. The Morgan fingerprint density at radius 3 is 2.72 bits per heavy atom. The van der Waals surface area contributed by atoms with Crippen LogP contribution in [0.25, 0.3) is 11.0 Å². The van der Waals surface area contributed by atoms with Crippen LogP contribution in [-0.2, 0) is 16.0 Å². The Hall–Kier alpha value is -2.57. The molecule has 2 N–H and O–H groups in total. The van der Waals surface area contributed by atoms with E-state index in [0.717, 1.165) is 41.9 Å². The second-order valence-electron chi connectivity index (χ2n) is 7.98. The Balaban J connectivity index is 1.79. The fraction of sp³-hybridized carbons (Fsp3) is 0.591. The number of H-pyrrole nitrogens is 1. The molecule has 7 nitrogen and oxygen atoms in total. The first-order chi connectivity index (χ1) is 13.9. The number of carboxylic acids is 1. The number of imidazole rings is 1.